The van der Waals surface area contributed by atoms with Crippen LogP contribution in [-0.2, 0) is 4.79 Å². The van der Waals surface area contributed by atoms with Crippen LogP contribution in [0, 0.1) is 0 Å². The molecule has 1 amide bonds. The van der Waals surface area contributed by atoms with E-state index in [2.05, 4.69) is 27.0 Å². The van der Waals surface area contributed by atoms with E-state index < -0.39 is 0 Å². The van der Waals surface area contributed by atoms with Gasteiger partial charge in [0.2, 0.25) is 5.91 Å². The molecule has 2 aromatic heterocycles. The number of benzene rings is 2. The molecule has 1 saturated heterocycles. The summed E-state index contributed by atoms with van der Waals surface area (Å²) in [5.74, 6) is 0.592. The number of hydrogen-bond acceptors (Lipinski definition) is 5. The molecule has 5 rings (SSSR count). The number of thiophene rings is 1. The Morgan fingerprint density at radius 1 is 1.24 bits per heavy atom. The number of methoxy groups -OCH3 is 1. The Morgan fingerprint density at radius 3 is 2.97 bits per heavy atom. The lowest BCUT2D eigenvalue weighted by atomic mass is 10.1. The molecule has 0 bridgehead atoms. The third-order valence-corrected chi connectivity index (χ3v) is 6.31. The maximum atomic E-state index is 12.8. The van der Waals surface area contributed by atoms with Gasteiger partial charge in [-0.3, -0.25) is 9.69 Å². The van der Waals surface area contributed by atoms with Crippen LogP contribution >= 0.6 is 11.3 Å². The molecule has 1 atom stereocenters. The lowest BCUT2D eigenvalue weighted by Crippen LogP contribution is -2.32. The van der Waals surface area contributed by atoms with E-state index in [1.54, 1.807) is 18.4 Å². The highest BCUT2D eigenvalue weighted by molar-refractivity contribution is 7.08. The summed E-state index contributed by atoms with van der Waals surface area (Å²) in [5.41, 5.74) is 3.50. The Bertz CT molecular complexity index is 1170. The van der Waals surface area contributed by atoms with Gasteiger partial charge in [-0.15, -0.1) is 0 Å². The van der Waals surface area contributed by atoms with Gasteiger partial charge in [-0.2, -0.15) is 11.3 Å². The standard InChI is InChI=1S/C23H22N2O3S/c1-27-22-11-17-16-5-2-3-7-20(16)28-21(17)12-18(22)24-23(26)13-25-9-4-6-19(25)15-8-10-29-14-15/h2-3,5,7-8,10-12,14,19H,4,6,9,13H2,1H3,(H,24,26). The highest BCUT2D eigenvalue weighted by Crippen LogP contribution is 2.37. The number of carbonyl (C=O) groups excluding carboxylic acids is 1. The Balaban J connectivity index is 1.39. The van der Waals surface area contributed by atoms with E-state index in [1.807, 2.05) is 36.4 Å². The number of furan rings is 1. The van der Waals surface area contributed by atoms with Crippen molar-refractivity contribution in [3.8, 4) is 5.75 Å². The van der Waals surface area contributed by atoms with Crippen molar-refractivity contribution >= 4 is 44.9 Å². The molecule has 1 N–H and O–H groups in total. The minimum atomic E-state index is -0.0408. The number of hydrogen-bond donors (Lipinski definition) is 1. The number of ether oxygens (including phenoxy) is 1. The molecule has 0 radical (unpaired) electrons. The summed E-state index contributed by atoms with van der Waals surface area (Å²) in [7, 11) is 1.62. The van der Waals surface area contributed by atoms with E-state index in [-0.39, 0.29) is 5.91 Å². The molecule has 2 aromatic carbocycles. The number of anilines is 1. The van der Waals surface area contributed by atoms with Crippen LogP contribution in [-0.4, -0.2) is 31.0 Å². The first-order valence-electron chi connectivity index (χ1n) is 9.78. The number of para-hydroxylation sites is 1. The quantitative estimate of drug-likeness (QED) is 0.480. The van der Waals surface area contributed by atoms with Crippen LogP contribution in [0.3, 0.4) is 0 Å². The van der Waals surface area contributed by atoms with Gasteiger partial charge in [-0.05, 0) is 53.9 Å². The maximum Gasteiger partial charge on any atom is 0.238 e. The molecular formula is C23H22N2O3S. The van der Waals surface area contributed by atoms with Gasteiger partial charge < -0.3 is 14.5 Å². The zero-order chi connectivity index (χ0) is 19.8. The smallest absolute Gasteiger partial charge is 0.238 e. The fraction of sp³-hybridized carbons (Fsp3) is 0.261. The first kappa shape index (κ1) is 18.2. The highest BCUT2D eigenvalue weighted by Gasteiger charge is 2.28. The van der Waals surface area contributed by atoms with Crippen molar-refractivity contribution in [3.63, 3.8) is 0 Å². The van der Waals surface area contributed by atoms with Gasteiger partial charge in [0.1, 0.15) is 16.9 Å². The predicted molar refractivity (Wildman–Crippen MR) is 117 cm³/mol. The maximum absolute atomic E-state index is 12.8. The van der Waals surface area contributed by atoms with Gasteiger partial charge in [0.15, 0.2) is 0 Å². The van der Waals surface area contributed by atoms with Crippen molar-refractivity contribution in [1.29, 1.82) is 0 Å². The normalized spacial score (nSPS) is 17.2. The van der Waals surface area contributed by atoms with Crippen LogP contribution in [0.25, 0.3) is 21.9 Å². The van der Waals surface area contributed by atoms with Crippen molar-refractivity contribution in [2.45, 2.75) is 18.9 Å². The number of amides is 1. The summed E-state index contributed by atoms with van der Waals surface area (Å²) in [5, 5.41) is 9.32. The molecule has 5 nitrogen and oxygen atoms in total. The zero-order valence-electron chi connectivity index (χ0n) is 16.2. The highest BCUT2D eigenvalue weighted by atomic mass is 32.1. The average molecular weight is 407 g/mol. The molecule has 0 aliphatic carbocycles. The summed E-state index contributed by atoms with van der Waals surface area (Å²) < 4.78 is 11.5. The second-order valence-electron chi connectivity index (χ2n) is 7.38. The van der Waals surface area contributed by atoms with E-state index >= 15 is 0 Å². The molecule has 6 heteroatoms. The number of nitrogens with one attached hydrogen (secondary N) is 1. The number of rotatable bonds is 5. The summed E-state index contributed by atoms with van der Waals surface area (Å²) in [6, 6.07) is 14.2. The topological polar surface area (TPSA) is 54.7 Å². The molecule has 4 aromatic rings. The van der Waals surface area contributed by atoms with Crippen LogP contribution in [0.1, 0.15) is 24.4 Å². The Hall–Kier alpha value is -2.83. The summed E-state index contributed by atoms with van der Waals surface area (Å²) in [6.45, 7) is 1.30. The fourth-order valence-electron chi connectivity index (χ4n) is 4.25. The third kappa shape index (κ3) is 3.39. The minimum absolute atomic E-state index is 0.0408. The zero-order valence-corrected chi connectivity index (χ0v) is 17.0. The van der Waals surface area contributed by atoms with Crippen LogP contribution in [0.5, 0.6) is 5.75 Å². The molecule has 1 fully saturated rings. The van der Waals surface area contributed by atoms with Gasteiger partial charge in [-0.1, -0.05) is 18.2 Å². The summed E-state index contributed by atoms with van der Waals surface area (Å²) in [6.07, 6.45) is 2.21. The van der Waals surface area contributed by atoms with Crippen LogP contribution in [0.2, 0.25) is 0 Å². The van der Waals surface area contributed by atoms with Crippen LogP contribution in [0.15, 0.2) is 57.6 Å². The first-order valence-corrected chi connectivity index (χ1v) is 10.7. The molecular weight excluding hydrogens is 384 g/mol. The van der Waals surface area contributed by atoms with Crippen molar-refractivity contribution < 1.29 is 13.9 Å². The van der Waals surface area contributed by atoms with Crippen molar-refractivity contribution in [2.75, 3.05) is 25.5 Å². The Labute approximate surface area is 172 Å². The molecule has 1 aliphatic heterocycles. The predicted octanol–water partition coefficient (Wildman–Crippen LogP) is 5.43. The van der Waals surface area contributed by atoms with E-state index in [9.17, 15) is 4.79 Å². The number of nitrogens with zero attached hydrogens (tertiary/aromatic N) is 1. The molecule has 0 spiro atoms. The molecule has 1 aliphatic rings. The van der Waals surface area contributed by atoms with Crippen LogP contribution < -0.4 is 10.1 Å². The Kier molecular flexibility index (Phi) is 4.73. The van der Waals surface area contributed by atoms with Crippen LogP contribution in [0.4, 0.5) is 5.69 Å². The minimum Gasteiger partial charge on any atom is -0.495 e. The lowest BCUT2D eigenvalue weighted by molar-refractivity contribution is -0.117. The molecule has 0 saturated carbocycles. The third-order valence-electron chi connectivity index (χ3n) is 5.61. The fourth-order valence-corrected chi connectivity index (χ4v) is 4.96. The SMILES string of the molecule is COc1cc2c(cc1NC(=O)CN1CCCC1c1ccsc1)oc1ccccc12. The molecule has 3 heterocycles. The summed E-state index contributed by atoms with van der Waals surface area (Å²) >= 11 is 1.70. The molecule has 29 heavy (non-hydrogen) atoms. The van der Waals surface area contributed by atoms with E-state index in [0.717, 1.165) is 41.3 Å². The Morgan fingerprint density at radius 2 is 2.14 bits per heavy atom. The second-order valence-corrected chi connectivity index (χ2v) is 8.16. The first-order chi connectivity index (χ1) is 14.2. The van der Waals surface area contributed by atoms with Gasteiger partial charge in [0.25, 0.3) is 0 Å². The van der Waals surface area contributed by atoms with E-state index in [4.69, 9.17) is 9.15 Å². The average Bonchev–Trinajstić information content (AvgIpc) is 3.46. The largest absolute Gasteiger partial charge is 0.495 e. The van der Waals surface area contributed by atoms with E-state index in [0.29, 0.717) is 24.0 Å². The van der Waals surface area contributed by atoms with Gasteiger partial charge in [0, 0.05) is 22.9 Å². The number of likely N-dealkylation sites (tertiary alicyclic amines) is 1. The van der Waals surface area contributed by atoms with Crippen molar-refractivity contribution in [3.05, 3.63) is 58.8 Å². The molecule has 1 unspecified atom stereocenters. The lowest BCUT2D eigenvalue weighted by Gasteiger charge is -2.23. The monoisotopic (exact) mass is 406 g/mol. The van der Waals surface area contributed by atoms with Crippen molar-refractivity contribution in [2.24, 2.45) is 0 Å². The van der Waals surface area contributed by atoms with Gasteiger partial charge in [0.05, 0.1) is 19.3 Å². The van der Waals surface area contributed by atoms with Crippen molar-refractivity contribution in [1.82, 2.24) is 4.90 Å². The van der Waals surface area contributed by atoms with Gasteiger partial charge in [-0.25, -0.2) is 0 Å². The van der Waals surface area contributed by atoms with Gasteiger partial charge >= 0.3 is 0 Å². The second kappa shape index (κ2) is 7.54. The van der Waals surface area contributed by atoms with E-state index in [1.165, 1.54) is 5.56 Å². The molecule has 148 valence electrons. The number of carbonyl (C=O) groups is 1. The number of fused-ring (bicyclic) bond motifs is 3. The summed E-state index contributed by atoms with van der Waals surface area (Å²) in [4.78, 5) is 15.1.